The highest BCUT2D eigenvalue weighted by Gasteiger charge is 2.42. The van der Waals surface area contributed by atoms with E-state index in [0.29, 0.717) is 12.0 Å². The molecule has 2 aliphatic rings. The van der Waals surface area contributed by atoms with Gasteiger partial charge in [-0.05, 0) is 61.1 Å². The first-order valence-electron chi connectivity index (χ1n) is 9.43. The molecule has 0 spiro atoms. The molecular formula is C21H26ClN3. The Bertz CT molecular complexity index is 655. The van der Waals surface area contributed by atoms with Crippen molar-refractivity contribution in [1.29, 1.82) is 0 Å². The molecule has 1 aromatic carbocycles. The van der Waals surface area contributed by atoms with Crippen LogP contribution in [-0.4, -0.2) is 35.1 Å². The fourth-order valence-corrected chi connectivity index (χ4v) is 4.36. The SMILES string of the molecule is ClN(CCC1CCN(c2cccnc2)CC1)[C@@H]1C[C@H]1c1ccccc1. The lowest BCUT2D eigenvalue weighted by Gasteiger charge is -2.33. The number of hydrogen-bond acceptors (Lipinski definition) is 3. The molecule has 0 radical (unpaired) electrons. The van der Waals surface area contributed by atoms with Crippen molar-refractivity contribution < 1.29 is 0 Å². The summed E-state index contributed by atoms with van der Waals surface area (Å²) in [6, 6.07) is 15.5. The van der Waals surface area contributed by atoms with Gasteiger partial charge in [0.1, 0.15) is 0 Å². The maximum atomic E-state index is 6.58. The van der Waals surface area contributed by atoms with Crippen LogP contribution in [0.3, 0.4) is 0 Å². The minimum absolute atomic E-state index is 0.527. The average molecular weight is 356 g/mol. The Morgan fingerprint density at radius 1 is 1.08 bits per heavy atom. The third-order valence-electron chi connectivity index (χ3n) is 5.72. The number of rotatable bonds is 6. The summed E-state index contributed by atoms with van der Waals surface area (Å²) in [7, 11) is 0. The van der Waals surface area contributed by atoms with Crippen molar-refractivity contribution in [2.45, 2.75) is 37.6 Å². The number of pyridine rings is 1. The van der Waals surface area contributed by atoms with Gasteiger partial charge >= 0.3 is 0 Å². The van der Waals surface area contributed by atoms with Crippen molar-refractivity contribution in [3.8, 4) is 0 Å². The van der Waals surface area contributed by atoms with Crippen molar-refractivity contribution in [2.75, 3.05) is 24.5 Å². The number of anilines is 1. The molecule has 0 N–H and O–H groups in total. The van der Waals surface area contributed by atoms with Crippen molar-refractivity contribution in [3.63, 3.8) is 0 Å². The topological polar surface area (TPSA) is 19.4 Å². The molecule has 4 heteroatoms. The van der Waals surface area contributed by atoms with Gasteiger partial charge in [-0.3, -0.25) is 4.98 Å². The largest absolute Gasteiger partial charge is 0.370 e. The van der Waals surface area contributed by atoms with Gasteiger partial charge in [-0.15, -0.1) is 0 Å². The summed E-state index contributed by atoms with van der Waals surface area (Å²) in [5.41, 5.74) is 2.69. The van der Waals surface area contributed by atoms with Crippen molar-refractivity contribution in [1.82, 2.24) is 9.40 Å². The summed E-state index contributed by atoms with van der Waals surface area (Å²) in [5, 5.41) is 0. The molecule has 3 nitrogen and oxygen atoms in total. The Morgan fingerprint density at radius 2 is 1.88 bits per heavy atom. The van der Waals surface area contributed by atoms with E-state index in [2.05, 4.69) is 50.7 Å². The average Bonchev–Trinajstić information content (AvgIpc) is 3.49. The number of piperidine rings is 1. The van der Waals surface area contributed by atoms with E-state index in [1.807, 2.05) is 18.5 Å². The standard InChI is InChI=1S/C21H26ClN3/c22-25(21-15-20(21)18-5-2-1-3-6-18)14-10-17-8-12-24(13-9-17)19-7-4-11-23-16-19/h1-7,11,16-17,20-21H,8-10,12-15H2/t20-,21+/m0/s1. The minimum atomic E-state index is 0.527. The van der Waals surface area contributed by atoms with Crippen LogP contribution >= 0.6 is 11.8 Å². The maximum absolute atomic E-state index is 6.58. The minimum Gasteiger partial charge on any atom is -0.370 e. The van der Waals surface area contributed by atoms with Crippen molar-refractivity contribution in [3.05, 3.63) is 60.4 Å². The second-order valence-electron chi connectivity index (χ2n) is 7.37. The van der Waals surface area contributed by atoms with E-state index in [1.165, 1.54) is 36.9 Å². The number of nitrogens with zero attached hydrogens (tertiary/aromatic N) is 3. The first kappa shape index (κ1) is 16.9. The van der Waals surface area contributed by atoms with Crippen LogP contribution in [0.1, 0.15) is 37.2 Å². The zero-order chi connectivity index (χ0) is 17.1. The van der Waals surface area contributed by atoms with Crippen LogP contribution in [0.15, 0.2) is 54.9 Å². The van der Waals surface area contributed by atoms with E-state index < -0.39 is 0 Å². The van der Waals surface area contributed by atoms with Gasteiger partial charge < -0.3 is 4.90 Å². The molecule has 1 aliphatic carbocycles. The third kappa shape index (κ3) is 4.16. The molecule has 1 aromatic heterocycles. The molecule has 1 saturated carbocycles. The Morgan fingerprint density at radius 3 is 2.60 bits per heavy atom. The van der Waals surface area contributed by atoms with Crippen LogP contribution in [0.5, 0.6) is 0 Å². The van der Waals surface area contributed by atoms with Crippen LogP contribution < -0.4 is 4.90 Å². The highest BCUT2D eigenvalue weighted by atomic mass is 35.5. The summed E-state index contributed by atoms with van der Waals surface area (Å²) in [5.74, 6) is 1.43. The van der Waals surface area contributed by atoms with Crippen LogP contribution in [0.25, 0.3) is 0 Å². The monoisotopic (exact) mass is 355 g/mol. The Labute approximate surface area is 155 Å². The van der Waals surface area contributed by atoms with Crippen molar-refractivity contribution >= 4 is 17.5 Å². The zero-order valence-corrected chi connectivity index (χ0v) is 15.4. The number of hydrogen-bond donors (Lipinski definition) is 0. The molecule has 0 bridgehead atoms. The normalized spacial score (nSPS) is 23.8. The predicted molar refractivity (Wildman–Crippen MR) is 104 cm³/mol. The van der Waals surface area contributed by atoms with Crippen LogP contribution in [0.2, 0.25) is 0 Å². The quantitative estimate of drug-likeness (QED) is 0.700. The molecule has 1 saturated heterocycles. The van der Waals surface area contributed by atoms with Gasteiger partial charge in [0.15, 0.2) is 0 Å². The van der Waals surface area contributed by atoms with Crippen molar-refractivity contribution in [2.24, 2.45) is 5.92 Å². The zero-order valence-electron chi connectivity index (χ0n) is 14.6. The van der Waals surface area contributed by atoms with E-state index in [-0.39, 0.29) is 0 Å². The summed E-state index contributed by atoms with van der Waals surface area (Å²) in [6.07, 6.45) is 8.73. The van der Waals surface area contributed by atoms with E-state index in [1.54, 1.807) is 0 Å². The molecule has 25 heavy (non-hydrogen) atoms. The Balaban J connectivity index is 1.20. The highest BCUT2D eigenvalue weighted by Crippen LogP contribution is 2.45. The van der Waals surface area contributed by atoms with E-state index in [0.717, 1.165) is 25.6 Å². The lowest BCUT2D eigenvalue weighted by Crippen LogP contribution is -2.34. The summed E-state index contributed by atoms with van der Waals surface area (Å²) in [6.45, 7) is 3.27. The molecule has 0 amide bonds. The van der Waals surface area contributed by atoms with Gasteiger partial charge in [-0.2, -0.15) is 0 Å². The predicted octanol–water partition coefficient (Wildman–Crippen LogP) is 4.70. The summed E-state index contributed by atoms with van der Waals surface area (Å²) >= 11 is 6.58. The fourth-order valence-electron chi connectivity index (χ4n) is 4.04. The van der Waals surface area contributed by atoms with Gasteiger partial charge in [-0.1, -0.05) is 30.3 Å². The van der Waals surface area contributed by atoms with Gasteiger partial charge in [0.2, 0.25) is 0 Å². The first-order valence-corrected chi connectivity index (χ1v) is 9.77. The number of aromatic nitrogens is 1. The molecule has 2 atom stereocenters. The Hall–Kier alpha value is -1.58. The molecule has 2 heterocycles. The second-order valence-corrected chi connectivity index (χ2v) is 7.81. The Kier molecular flexibility index (Phi) is 5.23. The van der Waals surface area contributed by atoms with Gasteiger partial charge in [0.05, 0.1) is 11.9 Å². The maximum Gasteiger partial charge on any atom is 0.0552 e. The van der Waals surface area contributed by atoms with E-state index in [4.69, 9.17) is 11.8 Å². The molecule has 0 unspecified atom stereocenters. The van der Waals surface area contributed by atoms with E-state index in [9.17, 15) is 0 Å². The molecule has 1 aliphatic heterocycles. The van der Waals surface area contributed by atoms with Crippen LogP contribution in [0.4, 0.5) is 5.69 Å². The van der Waals surface area contributed by atoms with Gasteiger partial charge in [0.25, 0.3) is 0 Å². The van der Waals surface area contributed by atoms with E-state index >= 15 is 0 Å². The molecule has 4 rings (SSSR count). The lowest BCUT2D eigenvalue weighted by molar-refractivity contribution is 0.328. The summed E-state index contributed by atoms with van der Waals surface area (Å²) < 4.78 is 2.07. The fraction of sp³-hybridized carbons (Fsp3) is 0.476. The molecular weight excluding hydrogens is 330 g/mol. The highest BCUT2D eigenvalue weighted by molar-refractivity contribution is 6.13. The summed E-state index contributed by atoms with van der Waals surface area (Å²) in [4.78, 5) is 6.68. The van der Waals surface area contributed by atoms with Crippen LogP contribution in [0, 0.1) is 5.92 Å². The first-order chi connectivity index (χ1) is 12.3. The van der Waals surface area contributed by atoms with Crippen LogP contribution in [-0.2, 0) is 0 Å². The lowest BCUT2D eigenvalue weighted by atomic mass is 9.93. The smallest absolute Gasteiger partial charge is 0.0552 e. The molecule has 132 valence electrons. The van der Waals surface area contributed by atoms with Gasteiger partial charge in [-0.25, -0.2) is 4.42 Å². The van der Waals surface area contributed by atoms with Gasteiger partial charge in [0, 0.05) is 37.8 Å². The second kappa shape index (κ2) is 7.76. The molecule has 2 fully saturated rings. The number of halogens is 1. The third-order valence-corrected chi connectivity index (χ3v) is 6.14. The number of benzene rings is 1. The molecule has 2 aromatic rings.